The second-order valence-electron chi connectivity index (χ2n) is 20.1. The van der Waals surface area contributed by atoms with E-state index in [0.717, 1.165) is 52.9 Å². The van der Waals surface area contributed by atoms with Crippen LogP contribution in [0.3, 0.4) is 0 Å². The van der Waals surface area contributed by atoms with Gasteiger partial charge in [0.15, 0.2) is 0 Å². The first kappa shape index (κ1) is 42.6. The Bertz CT molecular complexity index is 3080. The zero-order valence-electron chi connectivity index (χ0n) is 39.9. The maximum absolute atomic E-state index is 5.25. The van der Waals surface area contributed by atoms with Gasteiger partial charge in [-0.25, -0.2) is 0 Å². The van der Waals surface area contributed by atoms with Crippen LogP contribution >= 0.6 is 0 Å². The summed E-state index contributed by atoms with van der Waals surface area (Å²) in [6.07, 6.45) is 9.69. The lowest BCUT2D eigenvalue weighted by atomic mass is 9.66. The van der Waals surface area contributed by atoms with Gasteiger partial charge in [0.25, 0.3) is 0 Å². The van der Waals surface area contributed by atoms with E-state index >= 15 is 0 Å². The summed E-state index contributed by atoms with van der Waals surface area (Å²) in [5.74, 6) is 0. The van der Waals surface area contributed by atoms with Crippen LogP contribution in [0.2, 0.25) is 0 Å². The molecule has 0 radical (unpaired) electrons. The summed E-state index contributed by atoms with van der Waals surface area (Å²) < 4.78 is 0. The third-order valence-electron chi connectivity index (χ3n) is 15.4. The first-order valence-corrected chi connectivity index (χ1v) is 24.1. The molecular formula is C63H62N2. The molecule has 0 aliphatic heterocycles. The van der Waals surface area contributed by atoms with Crippen LogP contribution in [0.5, 0.6) is 0 Å². The van der Waals surface area contributed by atoms with Crippen LogP contribution in [0.25, 0.3) is 67.0 Å². The van der Waals surface area contributed by atoms with Gasteiger partial charge in [0.05, 0.1) is 11.4 Å². The molecule has 65 heavy (non-hydrogen) atoms. The van der Waals surface area contributed by atoms with Gasteiger partial charge >= 0.3 is 0 Å². The van der Waals surface area contributed by atoms with E-state index in [4.69, 9.17) is 9.97 Å². The lowest BCUT2D eigenvalue weighted by Gasteiger charge is -2.37. The van der Waals surface area contributed by atoms with Crippen molar-refractivity contribution in [3.8, 4) is 67.0 Å². The first-order chi connectivity index (χ1) is 31.4. The zero-order chi connectivity index (χ0) is 45.3. The minimum Gasteiger partial charge on any atom is -0.256 e. The third-order valence-corrected chi connectivity index (χ3v) is 15.4. The summed E-state index contributed by atoms with van der Waals surface area (Å²) in [6.45, 7) is 20.9. The Labute approximate surface area is 387 Å². The molecule has 324 valence electrons. The van der Waals surface area contributed by atoms with Crippen molar-refractivity contribution in [1.82, 2.24) is 9.97 Å². The molecule has 2 aliphatic carbocycles. The average molecular weight is 847 g/mol. The van der Waals surface area contributed by atoms with Gasteiger partial charge in [0.2, 0.25) is 0 Å². The molecule has 2 aromatic heterocycles. The zero-order valence-corrected chi connectivity index (χ0v) is 39.9. The Kier molecular flexibility index (Phi) is 10.6. The Balaban J connectivity index is 1.05. The van der Waals surface area contributed by atoms with Crippen molar-refractivity contribution in [2.75, 3.05) is 0 Å². The molecule has 6 aromatic carbocycles. The van der Waals surface area contributed by atoms with Gasteiger partial charge in [-0.3, -0.25) is 9.97 Å². The molecule has 0 spiro atoms. The summed E-state index contributed by atoms with van der Waals surface area (Å²) >= 11 is 0. The van der Waals surface area contributed by atoms with Gasteiger partial charge in [-0.2, -0.15) is 0 Å². The fourth-order valence-corrected chi connectivity index (χ4v) is 11.7. The van der Waals surface area contributed by atoms with E-state index in [0.29, 0.717) is 0 Å². The molecule has 2 heterocycles. The van der Waals surface area contributed by atoms with Gasteiger partial charge in [0, 0.05) is 50.9 Å². The predicted octanol–water partition coefficient (Wildman–Crippen LogP) is 16.8. The molecule has 2 aliphatic rings. The van der Waals surface area contributed by atoms with Gasteiger partial charge in [-0.1, -0.05) is 181 Å². The van der Waals surface area contributed by atoms with Crippen LogP contribution in [0.4, 0.5) is 0 Å². The lowest BCUT2D eigenvalue weighted by Crippen LogP contribution is -2.28. The van der Waals surface area contributed by atoms with E-state index in [2.05, 4.69) is 214 Å². The molecule has 0 saturated heterocycles. The SMILES string of the molecule is CCCCc1ccc2c(c1)C(C)(C)c1cc(-c3ccc(-c4cccc(-c5ccc(-c6ccc7c(c6)C(C)(C)c6ccccc6-7)nc5)c4C(CC)(CC)c4cc(C)cc(C)c4)cn3)ccc1-2. The van der Waals surface area contributed by atoms with Crippen LogP contribution in [0, 0.1) is 13.8 Å². The van der Waals surface area contributed by atoms with Crippen molar-refractivity contribution in [1.29, 1.82) is 0 Å². The number of unbranched alkanes of at least 4 members (excludes halogenated alkanes) is 1. The quantitative estimate of drug-likeness (QED) is 0.130. The van der Waals surface area contributed by atoms with E-state index in [1.165, 1.54) is 96.3 Å². The highest BCUT2D eigenvalue weighted by atomic mass is 14.7. The number of nitrogens with zero attached hydrogens (tertiary/aromatic N) is 2. The average Bonchev–Trinajstić information content (AvgIpc) is 3.69. The third kappa shape index (κ3) is 7.00. The lowest BCUT2D eigenvalue weighted by molar-refractivity contribution is 0.480. The van der Waals surface area contributed by atoms with E-state index in [-0.39, 0.29) is 16.2 Å². The number of hydrogen-bond donors (Lipinski definition) is 0. The van der Waals surface area contributed by atoms with Crippen molar-refractivity contribution in [3.05, 3.63) is 202 Å². The van der Waals surface area contributed by atoms with Crippen molar-refractivity contribution in [2.24, 2.45) is 0 Å². The minimum atomic E-state index is -0.252. The largest absolute Gasteiger partial charge is 0.256 e. The molecule has 2 nitrogen and oxygen atoms in total. The number of rotatable bonds is 11. The molecule has 10 rings (SSSR count). The molecule has 0 N–H and O–H groups in total. The highest BCUT2D eigenvalue weighted by Crippen LogP contribution is 2.52. The Hall–Kier alpha value is -6.38. The summed E-state index contributed by atoms with van der Waals surface area (Å²) in [5.41, 5.74) is 26.3. The van der Waals surface area contributed by atoms with Gasteiger partial charge in [0.1, 0.15) is 0 Å². The summed E-state index contributed by atoms with van der Waals surface area (Å²) in [5, 5.41) is 0. The fourth-order valence-electron chi connectivity index (χ4n) is 11.7. The van der Waals surface area contributed by atoms with E-state index in [1.807, 2.05) is 0 Å². The van der Waals surface area contributed by atoms with Crippen LogP contribution in [0.15, 0.2) is 152 Å². The van der Waals surface area contributed by atoms with Crippen LogP contribution in [-0.2, 0) is 22.7 Å². The summed E-state index contributed by atoms with van der Waals surface area (Å²) in [7, 11) is 0. The molecule has 0 bridgehead atoms. The monoisotopic (exact) mass is 846 g/mol. The fraction of sp³-hybridized carbons (Fsp3) is 0.270. The second kappa shape index (κ2) is 16.2. The molecule has 0 saturated carbocycles. The molecule has 0 unspecified atom stereocenters. The van der Waals surface area contributed by atoms with Crippen LogP contribution < -0.4 is 0 Å². The first-order valence-electron chi connectivity index (χ1n) is 24.1. The van der Waals surface area contributed by atoms with Gasteiger partial charge in [-0.05, 0) is 136 Å². The Morgan fingerprint density at radius 1 is 0.446 bits per heavy atom. The molecule has 2 heteroatoms. The van der Waals surface area contributed by atoms with E-state index in [9.17, 15) is 0 Å². The van der Waals surface area contributed by atoms with Gasteiger partial charge in [-0.15, -0.1) is 0 Å². The number of benzene rings is 6. The smallest absolute Gasteiger partial charge is 0.0702 e. The topological polar surface area (TPSA) is 25.8 Å². The Morgan fingerprint density at radius 3 is 1.45 bits per heavy atom. The van der Waals surface area contributed by atoms with Crippen molar-refractivity contribution < 1.29 is 0 Å². The molecule has 8 aromatic rings. The van der Waals surface area contributed by atoms with Crippen molar-refractivity contribution >= 4 is 0 Å². The molecule has 0 atom stereocenters. The highest BCUT2D eigenvalue weighted by Gasteiger charge is 2.38. The maximum Gasteiger partial charge on any atom is 0.0702 e. The second-order valence-corrected chi connectivity index (χ2v) is 20.1. The molecule has 0 amide bonds. The van der Waals surface area contributed by atoms with E-state index < -0.39 is 0 Å². The normalized spacial score (nSPS) is 14.2. The number of pyridine rings is 2. The van der Waals surface area contributed by atoms with E-state index in [1.54, 1.807) is 0 Å². The number of aromatic nitrogens is 2. The molecule has 0 fully saturated rings. The van der Waals surface area contributed by atoms with Crippen LogP contribution in [0.1, 0.15) is 124 Å². The highest BCUT2D eigenvalue weighted by molar-refractivity contribution is 5.86. The maximum atomic E-state index is 5.25. The predicted molar refractivity (Wildman–Crippen MR) is 275 cm³/mol. The number of hydrogen-bond acceptors (Lipinski definition) is 2. The summed E-state index contributed by atoms with van der Waals surface area (Å²) in [4.78, 5) is 10.5. The summed E-state index contributed by atoms with van der Waals surface area (Å²) in [6, 6.07) is 52.9. The number of aryl methyl sites for hydroxylation is 3. The Morgan fingerprint density at radius 2 is 0.923 bits per heavy atom. The van der Waals surface area contributed by atoms with Gasteiger partial charge < -0.3 is 0 Å². The standard InChI is InChI=1S/C63H62N2/c1-10-13-17-42-22-27-51-53-29-24-44(37-57(53)62(8,9)55(51)35-42)59-31-26-46(39-65-59)49-20-16-19-48(60(49)63(11-2,12-3)47-33-40(4)32-41(5)34-47)45-25-30-58(64-38-45)43-23-28-52-50-18-14-15-21-54(50)61(6,7)56(52)36-43/h14-16,18-39H,10-13,17H2,1-9H3. The van der Waals surface area contributed by atoms with Crippen molar-refractivity contribution in [3.63, 3.8) is 0 Å². The number of fused-ring (bicyclic) bond motifs is 6. The van der Waals surface area contributed by atoms with Crippen LogP contribution in [-0.4, -0.2) is 9.97 Å². The van der Waals surface area contributed by atoms with Crippen molar-refractivity contribution in [2.45, 2.75) is 111 Å². The minimum absolute atomic E-state index is 0.0645. The molecular weight excluding hydrogens is 785 g/mol.